The van der Waals surface area contributed by atoms with Crippen LogP contribution in [0.2, 0.25) is 10.0 Å². The van der Waals surface area contributed by atoms with Crippen LogP contribution in [0.3, 0.4) is 0 Å². The van der Waals surface area contributed by atoms with Crippen LogP contribution < -0.4 is 14.4 Å². The van der Waals surface area contributed by atoms with Crippen molar-refractivity contribution in [3.8, 4) is 11.5 Å². The summed E-state index contributed by atoms with van der Waals surface area (Å²) in [5.74, 6) is 0.114. The molecule has 45 heavy (non-hydrogen) atoms. The number of carbonyl (C=O) groups is 2. The van der Waals surface area contributed by atoms with Crippen LogP contribution in [0, 0.1) is 6.92 Å². The molecule has 236 valence electrons. The Morgan fingerprint density at radius 2 is 1.47 bits per heavy atom. The Labute approximate surface area is 274 Å². The number of sulfonamides is 1. The number of anilines is 1. The van der Waals surface area contributed by atoms with Gasteiger partial charge in [-0.1, -0.05) is 65.2 Å². The van der Waals surface area contributed by atoms with Crippen molar-refractivity contribution in [1.82, 2.24) is 10.2 Å². The van der Waals surface area contributed by atoms with E-state index >= 15 is 0 Å². The molecule has 0 saturated carbocycles. The second kappa shape index (κ2) is 14.8. The van der Waals surface area contributed by atoms with E-state index in [9.17, 15) is 18.0 Å². The van der Waals surface area contributed by atoms with E-state index in [1.54, 1.807) is 73.7 Å². The maximum absolute atomic E-state index is 14.1. The number of rotatable bonds is 12. The number of halogens is 2. The maximum Gasteiger partial charge on any atom is 0.264 e. The number of carbonyl (C=O) groups excluding carboxylic acids is 2. The van der Waals surface area contributed by atoms with Gasteiger partial charge in [0.2, 0.25) is 11.8 Å². The van der Waals surface area contributed by atoms with E-state index in [0.29, 0.717) is 27.1 Å². The molecule has 4 aromatic carbocycles. The molecular weight excluding hydrogens is 633 g/mol. The highest BCUT2D eigenvalue weighted by atomic mass is 35.5. The first-order chi connectivity index (χ1) is 21.3. The Morgan fingerprint density at radius 3 is 2.07 bits per heavy atom. The van der Waals surface area contributed by atoms with E-state index in [1.165, 1.54) is 17.0 Å². The SMILES string of the molecule is Cc1ccc(S(=O)(=O)N(CC(=O)N(Cc2ccc(Cl)cc2Cl)[C@@H](C)C(=O)NC(C)C)c2ccc(Oc3ccccc3)cc2)cc1. The van der Waals surface area contributed by atoms with Gasteiger partial charge in [-0.15, -0.1) is 0 Å². The third kappa shape index (κ3) is 8.78. The Kier molecular flexibility index (Phi) is 11.1. The molecule has 1 N–H and O–H groups in total. The van der Waals surface area contributed by atoms with Gasteiger partial charge in [-0.05, 0) is 93.9 Å². The van der Waals surface area contributed by atoms with Crippen molar-refractivity contribution >= 4 is 50.7 Å². The zero-order chi connectivity index (χ0) is 32.7. The fraction of sp³-hybridized carbons (Fsp3) is 0.235. The first-order valence-electron chi connectivity index (χ1n) is 14.3. The Bertz CT molecular complexity index is 1730. The molecule has 0 aliphatic carbocycles. The number of hydrogen-bond donors (Lipinski definition) is 1. The molecule has 1 atom stereocenters. The van der Waals surface area contributed by atoms with E-state index in [-0.39, 0.29) is 23.2 Å². The van der Waals surface area contributed by atoms with E-state index < -0.39 is 34.4 Å². The number of amides is 2. The average molecular weight is 669 g/mol. The Balaban J connectivity index is 1.72. The number of aryl methyl sites for hydroxylation is 1. The molecule has 0 bridgehead atoms. The molecule has 4 aromatic rings. The molecule has 0 saturated heterocycles. The van der Waals surface area contributed by atoms with Crippen molar-refractivity contribution in [2.45, 2.75) is 51.2 Å². The summed E-state index contributed by atoms with van der Waals surface area (Å²) in [5, 5.41) is 3.56. The van der Waals surface area contributed by atoms with Crippen molar-refractivity contribution in [1.29, 1.82) is 0 Å². The lowest BCUT2D eigenvalue weighted by atomic mass is 10.1. The topological polar surface area (TPSA) is 96.0 Å². The molecule has 0 heterocycles. The third-order valence-corrected chi connectivity index (χ3v) is 9.32. The molecule has 0 spiro atoms. The predicted octanol–water partition coefficient (Wildman–Crippen LogP) is 7.23. The molecule has 0 aliphatic rings. The smallest absolute Gasteiger partial charge is 0.264 e. The summed E-state index contributed by atoms with van der Waals surface area (Å²) in [5.41, 5.74) is 1.68. The normalized spacial score (nSPS) is 12.0. The number of hydrogen-bond acceptors (Lipinski definition) is 5. The highest BCUT2D eigenvalue weighted by Gasteiger charge is 2.33. The number of para-hydroxylation sites is 1. The Hall–Kier alpha value is -4.05. The minimum absolute atomic E-state index is 0.0170. The second-order valence-corrected chi connectivity index (χ2v) is 13.5. The predicted molar refractivity (Wildman–Crippen MR) is 178 cm³/mol. The minimum Gasteiger partial charge on any atom is -0.457 e. The van der Waals surface area contributed by atoms with Gasteiger partial charge in [-0.25, -0.2) is 8.42 Å². The van der Waals surface area contributed by atoms with Gasteiger partial charge in [0, 0.05) is 22.6 Å². The zero-order valence-corrected chi connectivity index (χ0v) is 27.7. The van der Waals surface area contributed by atoms with Crippen LogP contribution in [0.5, 0.6) is 11.5 Å². The van der Waals surface area contributed by atoms with Crippen LogP contribution in [0.15, 0.2) is 102 Å². The standard InChI is InChI=1S/C34H35Cl2N3O5S/c1-23(2)37-34(41)25(4)38(21-26-12-13-27(35)20-32(26)36)33(40)22-39(45(42,43)31-18-10-24(3)11-19-31)28-14-16-30(17-15-28)44-29-8-6-5-7-9-29/h5-20,23,25H,21-22H2,1-4H3,(H,37,41)/t25-/m0/s1. The van der Waals surface area contributed by atoms with Crippen LogP contribution >= 0.6 is 23.2 Å². The van der Waals surface area contributed by atoms with Gasteiger partial charge in [-0.2, -0.15) is 0 Å². The van der Waals surface area contributed by atoms with Crippen LogP contribution in [-0.4, -0.2) is 43.8 Å². The summed E-state index contributed by atoms with van der Waals surface area (Å²) in [7, 11) is -4.22. The van der Waals surface area contributed by atoms with Gasteiger partial charge in [0.15, 0.2) is 0 Å². The molecule has 0 unspecified atom stereocenters. The van der Waals surface area contributed by atoms with Crippen LogP contribution in [0.25, 0.3) is 0 Å². The lowest BCUT2D eigenvalue weighted by Gasteiger charge is -2.32. The van der Waals surface area contributed by atoms with Crippen LogP contribution in [0.4, 0.5) is 5.69 Å². The molecule has 0 aliphatic heterocycles. The maximum atomic E-state index is 14.1. The number of ether oxygens (including phenoxy) is 1. The summed E-state index contributed by atoms with van der Waals surface area (Å²) >= 11 is 12.5. The molecular formula is C34H35Cl2N3O5S. The highest BCUT2D eigenvalue weighted by molar-refractivity contribution is 7.92. The zero-order valence-electron chi connectivity index (χ0n) is 25.4. The summed E-state index contributed by atoms with van der Waals surface area (Å²) in [6.07, 6.45) is 0. The van der Waals surface area contributed by atoms with Gasteiger partial charge in [0.25, 0.3) is 10.0 Å². The molecule has 0 radical (unpaired) electrons. The monoisotopic (exact) mass is 667 g/mol. The van der Waals surface area contributed by atoms with Crippen molar-refractivity contribution in [2.24, 2.45) is 0 Å². The summed E-state index contributed by atoms with van der Waals surface area (Å²) in [6, 6.07) is 25.7. The summed E-state index contributed by atoms with van der Waals surface area (Å²) < 4.78 is 35.1. The largest absolute Gasteiger partial charge is 0.457 e. The Morgan fingerprint density at radius 1 is 0.844 bits per heavy atom. The van der Waals surface area contributed by atoms with Crippen molar-refractivity contribution in [3.05, 3.63) is 118 Å². The number of nitrogens with zero attached hydrogens (tertiary/aromatic N) is 2. The van der Waals surface area contributed by atoms with Gasteiger partial charge in [0.05, 0.1) is 10.6 Å². The summed E-state index contributed by atoms with van der Waals surface area (Å²) in [6.45, 7) is 6.44. The van der Waals surface area contributed by atoms with Gasteiger partial charge < -0.3 is 15.0 Å². The van der Waals surface area contributed by atoms with Crippen molar-refractivity contribution in [3.63, 3.8) is 0 Å². The first kappa shape index (κ1) is 33.8. The van der Waals surface area contributed by atoms with Crippen LogP contribution in [0.1, 0.15) is 31.9 Å². The van der Waals surface area contributed by atoms with E-state index in [2.05, 4.69) is 5.32 Å². The first-order valence-corrected chi connectivity index (χ1v) is 16.5. The van der Waals surface area contributed by atoms with E-state index in [4.69, 9.17) is 27.9 Å². The quantitative estimate of drug-likeness (QED) is 0.172. The molecule has 8 nitrogen and oxygen atoms in total. The van der Waals surface area contributed by atoms with Crippen molar-refractivity contribution < 1.29 is 22.7 Å². The van der Waals surface area contributed by atoms with E-state index in [0.717, 1.165) is 9.87 Å². The lowest BCUT2D eigenvalue weighted by molar-refractivity contribution is -0.139. The second-order valence-electron chi connectivity index (χ2n) is 10.8. The number of nitrogens with one attached hydrogen (secondary N) is 1. The average Bonchev–Trinajstić information content (AvgIpc) is 3.00. The molecule has 4 rings (SSSR count). The molecule has 11 heteroatoms. The van der Waals surface area contributed by atoms with Gasteiger partial charge >= 0.3 is 0 Å². The summed E-state index contributed by atoms with van der Waals surface area (Å²) in [4.78, 5) is 28.6. The molecule has 0 fully saturated rings. The number of benzene rings is 4. The third-order valence-electron chi connectivity index (χ3n) is 6.95. The lowest BCUT2D eigenvalue weighted by Crippen LogP contribution is -2.52. The van der Waals surface area contributed by atoms with Crippen molar-refractivity contribution in [2.75, 3.05) is 10.8 Å². The fourth-order valence-electron chi connectivity index (χ4n) is 4.49. The highest BCUT2D eigenvalue weighted by Crippen LogP contribution is 2.29. The van der Waals surface area contributed by atoms with E-state index in [1.807, 2.05) is 39.0 Å². The minimum atomic E-state index is -4.22. The molecule has 0 aromatic heterocycles. The van der Waals surface area contributed by atoms with Gasteiger partial charge in [0.1, 0.15) is 24.1 Å². The van der Waals surface area contributed by atoms with Crippen LogP contribution in [-0.2, 0) is 26.2 Å². The fourth-order valence-corrected chi connectivity index (χ4v) is 6.37. The van der Waals surface area contributed by atoms with Gasteiger partial charge in [-0.3, -0.25) is 13.9 Å². The molecule has 2 amide bonds.